The Morgan fingerprint density at radius 3 is 2.42 bits per heavy atom. The molecule has 3 aromatic rings. The van der Waals surface area contributed by atoms with Gasteiger partial charge < -0.3 is 19.3 Å². The number of aliphatic carboxylic acids is 1. The fraction of sp³-hybridized carbons (Fsp3) is 0.469. The number of fused-ring (bicyclic) bond motifs is 2. The highest BCUT2D eigenvalue weighted by Crippen LogP contribution is 2.50. The molecule has 3 aliphatic carbocycles. The number of carbonyl (C=O) groups excluding carboxylic acids is 1. The molecule has 2 aromatic carbocycles. The Kier molecular flexibility index (Phi) is 7.87. The van der Waals surface area contributed by atoms with Crippen LogP contribution in [-0.2, 0) is 31.0 Å². The van der Waals surface area contributed by atoms with Gasteiger partial charge in [0.05, 0.1) is 39.6 Å². The Balaban J connectivity index is 0.997. The van der Waals surface area contributed by atoms with Gasteiger partial charge in [-0.1, -0.05) is 34.4 Å². The third-order valence-corrected chi connectivity index (χ3v) is 12.1. The van der Waals surface area contributed by atoms with Gasteiger partial charge >= 0.3 is 5.97 Å². The largest absolute Gasteiger partial charge is 0.481 e. The zero-order valence-corrected chi connectivity index (χ0v) is 26.7. The van der Waals surface area contributed by atoms with E-state index in [0.29, 0.717) is 56.9 Å². The van der Waals surface area contributed by atoms with E-state index >= 15 is 0 Å². The van der Waals surface area contributed by atoms with Crippen LogP contribution in [0.15, 0.2) is 47.0 Å². The third-order valence-electron chi connectivity index (χ3n) is 9.86. The molecule has 2 bridgehead atoms. The second-order valence-electron chi connectivity index (χ2n) is 12.7. The van der Waals surface area contributed by atoms with E-state index in [2.05, 4.69) is 10.1 Å². The van der Waals surface area contributed by atoms with E-state index in [4.69, 9.17) is 32.5 Å². The fourth-order valence-corrected chi connectivity index (χ4v) is 8.88. The number of carboxylic acids is 1. The standard InChI is InChI=1S/C32H33Cl2N3O7S/c33-25-2-1-3-26(34)28(25)29-24(30(44-35-29)19-4-5-19)17-43-27-15-23-14-20(27)16-36(23)21-6-8-22(9-7-21)37(18-38)45(41,42)13-12-32(10-11-32)31(39)40/h1-3,6-9,18-20,23,27H,4-5,10-17H2,(H,39,40)/t20-,23-,27?/m0/s1. The summed E-state index contributed by atoms with van der Waals surface area (Å²) in [7, 11) is -4.01. The average molecular weight is 675 g/mol. The van der Waals surface area contributed by atoms with Crippen LogP contribution in [-0.4, -0.2) is 55.5 Å². The first kappa shape index (κ1) is 30.5. The minimum Gasteiger partial charge on any atom is -0.481 e. The number of sulfonamides is 1. The van der Waals surface area contributed by atoms with Crippen molar-refractivity contribution in [1.82, 2.24) is 5.16 Å². The van der Waals surface area contributed by atoms with Gasteiger partial charge in [-0.05, 0) is 81.3 Å². The van der Waals surface area contributed by atoms with Crippen molar-refractivity contribution in [2.24, 2.45) is 11.3 Å². The maximum atomic E-state index is 12.9. The Hall–Kier alpha value is -3.12. The minimum absolute atomic E-state index is 0.0127. The molecule has 1 unspecified atom stereocenters. The lowest BCUT2D eigenvalue weighted by atomic mass is 10.0. The summed E-state index contributed by atoms with van der Waals surface area (Å²) in [5.74, 6) is 0.129. The molecule has 1 aromatic heterocycles. The number of nitrogens with zero attached hydrogens (tertiary/aromatic N) is 3. The number of carboxylic acid groups (broad SMARTS) is 1. The quantitative estimate of drug-likeness (QED) is 0.209. The molecule has 238 valence electrons. The Bertz CT molecular complexity index is 1720. The Labute approximate surface area is 271 Å². The number of amides is 1. The average Bonchev–Trinajstić information content (AvgIpc) is 3.90. The monoisotopic (exact) mass is 673 g/mol. The number of anilines is 2. The SMILES string of the molecule is O=CN(c1ccc(N2C[C@@H]3C[C@H]2CC3OCc2c(-c3c(Cl)cccc3Cl)noc2C2CC2)cc1)S(=O)(=O)CCC1(C(=O)O)CC1. The van der Waals surface area contributed by atoms with Crippen molar-refractivity contribution < 1.29 is 32.4 Å². The smallest absolute Gasteiger partial charge is 0.309 e. The molecule has 10 nitrogen and oxygen atoms in total. The molecule has 0 spiro atoms. The number of aromatic nitrogens is 1. The van der Waals surface area contributed by atoms with Gasteiger partial charge in [-0.2, -0.15) is 0 Å². The van der Waals surface area contributed by atoms with Gasteiger partial charge in [0, 0.05) is 41.2 Å². The second-order valence-corrected chi connectivity index (χ2v) is 15.5. The molecule has 3 atom stereocenters. The van der Waals surface area contributed by atoms with E-state index in [1.807, 2.05) is 12.1 Å². The number of benzene rings is 2. The lowest BCUT2D eigenvalue weighted by molar-refractivity contribution is -0.143. The summed E-state index contributed by atoms with van der Waals surface area (Å²) in [6, 6.07) is 12.6. The molecule has 4 aliphatic rings. The van der Waals surface area contributed by atoms with Crippen LogP contribution >= 0.6 is 23.2 Å². The van der Waals surface area contributed by atoms with Crippen molar-refractivity contribution in [1.29, 1.82) is 0 Å². The molecular weight excluding hydrogens is 641 g/mol. The van der Waals surface area contributed by atoms with Gasteiger partial charge in [-0.25, -0.2) is 12.7 Å². The minimum atomic E-state index is -4.01. The molecule has 1 N–H and O–H groups in total. The molecule has 1 amide bonds. The maximum Gasteiger partial charge on any atom is 0.309 e. The number of piperidine rings is 1. The molecule has 1 aliphatic heterocycles. The van der Waals surface area contributed by atoms with Crippen molar-refractivity contribution in [3.63, 3.8) is 0 Å². The topological polar surface area (TPSA) is 130 Å². The highest BCUT2D eigenvalue weighted by atomic mass is 35.5. The number of hydrogen-bond donors (Lipinski definition) is 1. The summed E-state index contributed by atoms with van der Waals surface area (Å²) in [5, 5.41) is 14.8. The van der Waals surface area contributed by atoms with Gasteiger partial charge in [0.15, 0.2) is 0 Å². The van der Waals surface area contributed by atoms with Crippen LogP contribution in [0.2, 0.25) is 10.0 Å². The van der Waals surface area contributed by atoms with Crippen molar-refractivity contribution in [2.45, 2.75) is 69.6 Å². The van der Waals surface area contributed by atoms with Crippen LogP contribution in [0.3, 0.4) is 0 Å². The van der Waals surface area contributed by atoms with E-state index in [1.165, 1.54) is 0 Å². The number of ether oxygens (including phenoxy) is 1. The summed E-state index contributed by atoms with van der Waals surface area (Å²) in [4.78, 5) is 25.6. The summed E-state index contributed by atoms with van der Waals surface area (Å²) < 4.78 is 38.9. The van der Waals surface area contributed by atoms with Crippen LogP contribution in [0.1, 0.15) is 62.2 Å². The van der Waals surface area contributed by atoms with Crippen molar-refractivity contribution in [3.8, 4) is 11.3 Å². The zero-order valence-electron chi connectivity index (χ0n) is 24.4. The van der Waals surface area contributed by atoms with E-state index in [1.54, 1.807) is 30.3 Å². The second kappa shape index (κ2) is 11.6. The highest BCUT2D eigenvalue weighted by Gasteiger charge is 2.51. The number of halogens is 2. The number of hydrogen-bond acceptors (Lipinski definition) is 8. The molecule has 45 heavy (non-hydrogen) atoms. The first-order valence-corrected chi connectivity index (χ1v) is 17.6. The predicted molar refractivity (Wildman–Crippen MR) is 169 cm³/mol. The molecule has 1 saturated heterocycles. The van der Waals surface area contributed by atoms with Gasteiger partial charge in [0.1, 0.15) is 11.5 Å². The van der Waals surface area contributed by atoms with Crippen LogP contribution in [0.25, 0.3) is 11.3 Å². The Morgan fingerprint density at radius 2 is 1.84 bits per heavy atom. The van der Waals surface area contributed by atoms with Crippen LogP contribution in [0, 0.1) is 11.3 Å². The van der Waals surface area contributed by atoms with Crippen molar-refractivity contribution in [3.05, 3.63) is 63.8 Å². The first-order chi connectivity index (χ1) is 21.6. The van der Waals surface area contributed by atoms with Crippen molar-refractivity contribution in [2.75, 3.05) is 21.5 Å². The van der Waals surface area contributed by atoms with Gasteiger partial charge in [0.25, 0.3) is 0 Å². The van der Waals surface area contributed by atoms with E-state index in [0.717, 1.165) is 49.2 Å². The molecule has 4 fully saturated rings. The highest BCUT2D eigenvalue weighted by molar-refractivity contribution is 7.93. The lowest BCUT2D eigenvalue weighted by Crippen LogP contribution is -2.38. The van der Waals surface area contributed by atoms with Crippen LogP contribution in [0.5, 0.6) is 0 Å². The number of rotatable bonds is 13. The molecule has 7 rings (SSSR count). The lowest BCUT2D eigenvalue weighted by Gasteiger charge is -2.33. The van der Waals surface area contributed by atoms with Gasteiger partial charge in [-0.15, -0.1) is 0 Å². The predicted octanol–water partition coefficient (Wildman–Crippen LogP) is 6.26. The van der Waals surface area contributed by atoms with E-state index in [9.17, 15) is 23.1 Å². The summed E-state index contributed by atoms with van der Waals surface area (Å²) in [6.45, 7) is 1.16. The van der Waals surface area contributed by atoms with Gasteiger partial charge in [0.2, 0.25) is 16.4 Å². The maximum absolute atomic E-state index is 12.9. The molecule has 3 saturated carbocycles. The third kappa shape index (κ3) is 5.73. The zero-order chi connectivity index (χ0) is 31.5. The summed E-state index contributed by atoms with van der Waals surface area (Å²) in [5.41, 5.74) is 2.40. The van der Waals surface area contributed by atoms with Gasteiger partial charge in [-0.3, -0.25) is 9.59 Å². The molecule has 13 heteroatoms. The summed E-state index contributed by atoms with van der Waals surface area (Å²) in [6.07, 6.45) is 5.19. The molecule has 2 heterocycles. The van der Waals surface area contributed by atoms with Crippen LogP contribution in [0.4, 0.5) is 11.4 Å². The Morgan fingerprint density at radius 1 is 1.13 bits per heavy atom. The fourth-order valence-electron chi connectivity index (χ4n) is 6.89. The summed E-state index contributed by atoms with van der Waals surface area (Å²) >= 11 is 13.0. The first-order valence-electron chi connectivity index (χ1n) is 15.2. The molecular formula is C32H33Cl2N3O7S. The van der Waals surface area contributed by atoms with Crippen molar-refractivity contribution >= 4 is 57.0 Å². The van der Waals surface area contributed by atoms with E-state index < -0.39 is 27.2 Å². The van der Waals surface area contributed by atoms with E-state index in [-0.39, 0.29) is 30.7 Å². The number of carbonyl (C=O) groups is 2. The van der Waals surface area contributed by atoms with Crippen LogP contribution < -0.4 is 9.21 Å². The molecule has 0 radical (unpaired) electrons. The normalized spacial score (nSPS) is 23.3.